The van der Waals surface area contributed by atoms with Gasteiger partial charge in [0.1, 0.15) is 0 Å². The van der Waals surface area contributed by atoms with E-state index in [4.69, 9.17) is 10.5 Å². The first-order valence-corrected chi connectivity index (χ1v) is 7.21. The summed E-state index contributed by atoms with van der Waals surface area (Å²) in [6.45, 7) is 7.24. The number of nitrogen functional groups attached to an aromatic ring is 1. The summed E-state index contributed by atoms with van der Waals surface area (Å²) >= 11 is 0. The average Bonchev–Trinajstić information content (AvgIpc) is 2.45. The molecule has 2 N–H and O–H groups in total. The van der Waals surface area contributed by atoms with Gasteiger partial charge in [-0.05, 0) is 31.4 Å². The van der Waals surface area contributed by atoms with Crippen molar-refractivity contribution in [2.24, 2.45) is 0 Å². The highest BCUT2D eigenvalue weighted by Crippen LogP contribution is 2.21. The molecule has 0 aromatic heterocycles. The minimum atomic E-state index is -0.00282. The van der Waals surface area contributed by atoms with Crippen LogP contribution < -0.4 is 5.73 Å². The van der Waals surface area contributed by atoms with Crippen molar-refractivity contribution in [2.45, 2.75) is 39.7 Å². The number of nitrogens with zero attached hydrogens (tertiary/aromatic N) is 1. The summed E-state index contributed by atoms with van der Waals surface area (Å²) in [4.78, 5) is 14.7. The second-order valence-electron chi connectivity index (χ2n) is 5.00. The smallest absolute Gasteiger partial charge is 0.256 e. The van der Waals surface area contributed by atoms with Gasteiger partial charge in [0.15, 0.2) is 0 Å². The monoisotopic (exact) mass is 278 g/mol. The Kier molecular flexibility index (Phi) is 6.52. The molecule has 1 amide bonds. The zero-order valence-corrected chi connectivity index (χ0v) is 13.0. The van der Waals surface area contributed by atoms with E-state index in [-0.39, 0.29) is 11.9 Å². The first-order valence-electron chi connectivity index (χ1n) is 7.21. The maximum atomic E-state index is 12.8. The molecule has 0 spiro atoms. The molecule has 0 bridgehead atoms. The highest BCUT2D eigenvalue weighted by atomic mass is 16.5. The quantitative estimate of drug-likeness (QED) is 0.780. The minimum Gasteiger partial charge on any atom is -0.398 e. The molecule has 0 atom stereocenters. The molecule has 0 unspecified atom stereocenters. The first-order chi connectivity index (χ1) is 9.56. The van der Waals surface area contributed by atoms with Crippen molar-refractivity contribution in [3.8, 4) is 0 Å². The molecule has 0 radical (unpaired) electrons. The fourth-order valence-electron chi connectivity index (χ4n) is 2.39. The number of para-hydroxylation sites is 1. The third-order valence-electron chi connectivity index (χ3n) is 3.73. The fourth-order valence-corrected chi connectivity index (χ4v) is 2.39. The van der Waals surface area contributed by atoms with Gasteiger partial charge < -0.3 is 15.4 Å². The van der Waals surface area contributed by atoms with E-state index in [1.165, 1.54) is 0 Å². The lowest BCUT2D eigenvalue weighted by Crippen LogP contribution is -2.42. The van der Waals surface area contributed by atoms with E-state index in [1.807, 2.05) is 24.0 Å². The average molecular weight is 278 g/mol. The summed E-state index contributed by atoms with van der Waals surface area (Å²) in [5, 5.41) is 0. The highest BCUT2D eigenvalue weighted by molar-refractivity contribution is 5.99. The van der Waals surface area contributed by atoms with Gasteiger partial charge in [0.25, 0.3) is 5.91 Å². The lowest BCUT2D eigenvalue weighted by Gasteiger charge is -2.31. The standard InChI is InChI=1S/C16H26N2O2/c1-5-13(6-2)18(10-11-20-4)16(19)14-9-7-8-12(3)15(14)17/h7-9,13H,5-6,10-11,17H2,1-4H3. The summed E-state index contributed by atoms with van der Waals surface area (Å²) in [6.07, 6.45) is 1.86. The van der Waals surface area contributed by atoms with Crippen molar-refractivity contribution in [3.05, 3.63) is 29.3 Å². The largest absolute Gasteiger partial charge is 0.398 e. The Bertz CT molecular complexity index is 442. The molecule has 0 saturated heterocycles. The van der Waals surface area contributed by atoms with Crippen LogP contribution in [0.1, 0.15) is 42.6 Å². The number of aryl methyl sites for hydroxylation is 1. The Morgan fingerprint density at radius 3 is 2.55 bits per heavy atom. The second kappa shape index (κ2) is 7.90. The van der Waals surface area contributed by atoms with Crippen LogP contribution >= 0.6 is 0 Å². The lowest BCUT2D eigenvalue weighted by molar-refractivity contribution is 0.0590. The van der Waals surface area contributed by atoms with Gasteiger partial charge in [0.05, 0.1) is 12.2 Å². The van der Waals surface area contributed by atoms with Crippen molar-refractivity contribution < 1.29 is 9.53 Å². The number of anilines is 1. The normalized spacial score (nSPS) is 10.8. The van der Waals surface area contributed by atoms with E-state index in [0.29, 0.717) is 24.4 Å². The predicted octanol–water partition coefficient (Wildman–Crippen LogP) is 2.85. The predicted molar refractivity (Wildman–Crippen MR) is 82.9 cm³/mol. The van der Waals surface area contributed by atoms with Gasteiger partial charge in [-0.3, -0.25) is 4.79 Å². The van der Waals surface area contributed by atoms with Crippen molar-refractivity contribution >= 4 is 11.6 Å². The van der Waals surface area contributed by atoms with Crippen LogP contribution in [-0.2, 0) is 4.74 Å². The van der Waals surface area contributed by atoms with Crippen LogP contribution in [0.15, 0.2) is 18.2 Å². The zero-order valence-electron chi connectivity index (χ0n) is 13.0. The molecule has 0 saturated carbocycles. The number of hydrogen-bond donors (Lipinski definition) is 1. The van der Waals surface area contributed by atoms with E-state index in [9.17, 15) is 4.79 Å². The number of methoxy groups -OCH3 is 1. The molecule has 0 heterocycles. The van der Waals surface area contributed by atoms with E-state index in [0.717, 1.165) is 18.4 Å². The first kappa shape index (κ1) is 16.5. The van der Waals surface area contributed by atoms with Crippen LogP contribution in [0.3, 0.4) is 0 Å². The SMILES string of the molecule is CCC(CC)N(CCOC)C(=O)c1cccc(C)c1N. The molecule has 0 fully saturated rings. The molecular formula is C16H26N2O2. The molecule has 1 rings (SSSR count). The number of amides is 1. The van der Waals surface area contributed by atoms with Crippen molar-refractivity contribution in [1.82, 2.24) is 4.90 Å². The number of carbonyl (C=O) groups excluding carboxylic acids is 1. The molecule has 4 nitrogen and oxygen atoms in total. The molecule has 1 aromatic carbocycles. The highest BCUT2D eigenvalue weighted by Gasteiger charge is 2.23. The van der Waals surface area contributed by atoms with Crippen LogP contribution in [-0.4, -0.2) is 37.1 Å². The molecule has 0 aliphatic carbocycles. The summed E-state index contributed by atoms with van der Waals surface area (Å²) in [7, 11) is 1.65. The molecule has 1 aromatic rings. The van der Waals surface area contributed by atoms with E-state index < -0.39 is 0 Å². The Balaban J connectivity index is 3.05. The molecular weight excluding hydrogens is 252 g/mol. The molecule has 112 valence electrons. The van der Waals surface area contributed by atoms with Crippen LogP contribution in [0.4, 0.5) is 5.69 Å². The van der Waals surface area contributed by atoms with Gasteiger partial charge in [-0.1, -0.05) is 26.0 Å². The fraction of sp³-hybridized carbons (Fsp3) is 0.562. The summed E-state index contributed by atoms with van der Waals surface area (Å²) in [6, 6.07) is 5.81. The topological polar surface area (TPSA) is 55.6 Å². The third kappa shape index (κ3) is 3.73. The van der Waals surface area contributed by atoms with Crippen LogP contribution in [0.2, 0.25) is 0 Å². The van der Waals surface area contributed by atoms with Gasteiger partial charge in [-0.15, -0.1) is 0 Å². The maximum Gasteiger partial charge on any atom is 0.256 e. The minimum absolute atomic E-state index is 0.00282. The van der Waals surface area contributed by atoms with Crippen molar-refractivity contribution in [1.29, 1.82) is 0 Å². The van der Waals surface area contributed by atoms with Crippen LogP contribution in [0, 0.1) is 6.92 Å². The number of hydrogen-bond acceptors (Lipinski definition) is 3. The Hall–Kier alpha value is -1.55. The van der Waals surface area contributed by atoms with Gasteiger partial charge in [0.2, 0.25) is 0 Å². The maximum absolute atomic E-state index is 12.8. The Morgan fingerprint density at radius 2 is 2.00 bits per heavy atom. The molecule has 0 aliphatic rings. The summed E-state index contributed by atoms with van der Waals surface area (Å²) < 4.78 is 5.13. The molecule has 4 heteroatoms. The molecule has 20 heavy (non-hydrogen) atoms. The number of nitrogens with two attached hydrogens (primary N) is 1. The van der Waals surface area contributed by atoms with Crippen molar-refractivity contribution in [3.63, 3.8) is 0 Å². The Morgan fingerprint density at radius 1 is 1.35 bits per heavy atom. The van der Waals surface area contributed by atoms with Gasteiger partial charge in [-0.25, -0.2) is 0 Å². The van der Waals surface area contributed by atoms with E-state index >= 15 is 0 Å². The number of rotatable bonds is 7. The lowest BCUT2D eigenvalue weighted by atomic mass is 10.0. The van der Waals surface area contributed by atoms with Crippen LogP contribution in [0.5, 0.6) is 0 Å². The number of benzene rings is 1. The number of carbonyl (C=O) groups is 1. The van der Waals surface area contributed by atoms with E-state index in [1.54, 1.807) is 13.2 Å². The Labute approximate surface area is 121 Å². The van der Waals surface area contributed by atoms with Crippen LogP contribution in [0.25, 0.3) is 0 Å². The number of ether oxygens (including phenoxy) is 1. The second-order valence-corrected chi connectivity index (χ2v) is 5.00. The van der Waals surface area contributed by atoms with E-state index in [2.05, 4.69) is 13.8 Å². The van der Waals surface area contributed by atoms with Gasteiger partial charge in [-0.2, -0.15) is 0 Å². The molecule has 0 aliphatic heterocycles. The van der Waals surface area contributed by atoms with Gasteiger partial charge in [0, 0.05) is 25.4 Å². The zero-order chi connectivity index (χ0) is 15.1. The summed E-state index contributed by atoms with van der Waals surface area (Å²) in [5.74, 6) is -0.00282. The van der Waals surface area contributed by atoms with Gasteiger partial charge >= 0.3 is 0 Å². The van der Waals surface area contributed by atoms with Crippen molar-refractivity contribution in [2.75, 3.05) is 26.0 Å². The summed E-state index contributed by atoms with van der Waals surface area (Å²) in [5.41, 5.74) is 8.16. The third-order valence-corrected chi connectivity index (χ3v) is 3.73.